The minimum Gasteiger partial charge on any atom is -0.375 e. The Morgan fingerprint density at radius 2 is 2.15 bits per heavy atom. The molecule has 1 aliphatic rings. The molecule has 4 nitrogen and oxygen atoms in total. The Hall–Kier alpha value is -0.390. The molecular weight excluding hydrogens is 190 g/mol. The molecule has 0 aromatic heterocycles. The molecule has 1 rings (SSSR count). The molecule has 0 saturated carbocycles. The van der Waals surface area contributed by atoms with Crippen LogP contribution in [0.5, 0.6) is 0 Å². The van der Waals surface area contributed by atoms with E-state index in [1.807, 2.05) is 13.8 Å². The van der Waals surface area contributed by atoms with Crippen LogP contribution in [0.2, 0.25) is 0 Å². The molecule has 1 aliphatic heterocycles. The molecule has 0 N–H and O–H groups in total. The molecule has 5 heteroatoms. The van der Waals surface area contributed by atoms with E-state index < -0.39 is 10.0 Å². The predicted molar refractivity (Wildman–Crippen MR) is 50.7 cm³/mol. The largest absolute Gasteiger partial charge is 0.375 e. The molecule has 76 valence electrons. The van der Waals surface area contributed by atoms with E-state index in [9.17, 15) is 8.42 Å². The molecule has 0 amide bonds. The van der Waals surface area contributed by atoms with Crippen LogP contribution in [-0.2, 0) is 14.8 Å². The van der Waals surface area contributed by atoms with Gasteiger partial charge in [0, 0.05) is 18.0 Å². The second kappa shape index (κ2) is 3.77. The van der Waals surface area contributed by atoms with Crippen LogP contribution in [-0.4, -0.2) is 38.0 Å². The van der Waals surface area contributed by atoms with E-state index >= 15 is 0 Å². The number of hydrogen-bond acceptors (Lipinski definition) is 3. The van der Waals surface area contributed by atoms with E-state index in [0.717, 1.165) is 5.41 Å². The zero-order chi connectivity index (χ0) is 10.1. The van der Waals surface area contributed by atoms with Crippen molar-refractivity contribution in [2.24, 2.45) is 0 Å². The lowest BCUT2D eigenvalue weighted by atomic mass is 10.2. The van der Waals surface area contributed by atoms with Crippen molar-refractivity contribution in [3.63, 3.8) is 0 Å². The summed E-state index contributed by atoms with van der Waals surface area (Å²) in [6.45, 7) is 7.85. The van der Waals surface area contributed by atoms with Gasteiger partial charge in [0.1, 0.15) is 0 Å². The average molecular weight is 205 g/mol. The minimum absolute atomic E-state index is 0.0362. The number of morpholine rings is 1. The third-order valence-corrected chi connectivity index (χ3v) is 3.67. The molecule has 1 fully saturated rings. The molecule has 13 heavy (non-hydrogen) atoms. The molecular formula is C8H15NO3S. The highest BCUT2D eigenvalue weighted by Crippen LogP contribution is 2.16. The number of hydrogen-bond donors (Lipinski definition) is 0. The number of sulfonamides is 1. The van der Waals surface area contributed by atoms with Crippen molar-refractivity contribution in [3.8, 4) is 0 Å². The second-order valence-corrected chi connectivity index (χ2v) is 5.11. The zero-order valence-corrected chi connectivity index (χ0v) is 8.75. The summed E-state index contributed by atoms with van der Waals surface area (Å²) < 4.78 is 29.7. The summed E-state index contributed by atoms with van der Waals surface area (Å²) in [5, 5.41) is 0.988. The molecule has 0 bridgehead atoms. The van der Waals surface area contributed by atoms with Gasteiger partial charge in [-0.1, -0.05) is 6.58 Å². The van der Waals surface area contributed by atoms with Crippen LogP contribution in [0, 0.1) is 0 Å². The Kier molecular flexibility index (Phi) is 3.10. The van der Waals surface area contributed by atoms with Crippen LogP contribution in [0.25, 0.3) is 0 Å². The Balaban J connectivity index is 2.83. The van der Waals surface area contributed by atoms with Crippen LogP contribution in [0.15, 0.2) is 12.0 Å². The minimum atomic E-state index is -3.29. The Morgan fingerprint density at radius 1 is 1.54 bits per heavy atom. The van der Waals surface area contributed by atoms with Crippen LogP contribution < -0.4 is 0 Å². The molecule has 0 aromatic rings. The first-order valence-corrected chi connectivity index (χ1v) is 5.73. The topological polar surface area (TPSA) is 46.6 Å². The summed E-state index contributed by atoms with van der Waals surface area (Å²) in [5.41, 5.74) is 0. The first kappa shape index (κ1) is 10.7. The molecule has 2 atom stereocenters. The van der Waals surface area contributed by atoms with Crippen LogP contribution in [0.4, 0.5) is 0 Å². The Bertz CT molecular complexity index is 286. The summed E-state index contributed by atoms with van der Waals surface area (Å²) >= 11 is 0. The van der Waals surface area contributed by atoms with Crippen molar-refractivity contribution in [1.29, 1.82) is 0 Å². The van der Waals surface area contributed by atoms with Crippen molar-refractivity contribution >= 4 is 10.0 Å². The molecule has 1 saturated heterocycles. The molecule has 0 spiro atoms. The zero-order valence-electron chi connectivity index (χ0n) is 7.93. The highest BCUT2D eigenvalue weighted by Gasteiger charge is 2.30. The first-order chi connectivity index (χ1) is 5.97. The third-order valence-electron chi connectivity index (χ3n) is 2.09. The Labute approximate surface area is 79.2 Å². The normalized spacial score (nSPS) is 31.5. The summed E-state index contributed by atoms with van der Waals surface area (Å²) in [7, 11) is -3.29. The summed E-state index contributed by atoms with van der Waals surface area (Å²) in [6, 6.07) is -0.0980. The van der Waals surface area contributed by atoms with Crippen LogP contribution in [0.1, 0.15) is 13.8 Å². The van der Waals surface area contributed by atoms with E-state index in [1.165, 1.54) is 4.31 Å². The van der Waals surface area contributed by atoms with Gasteiger partial charge in [-0.25, -0.2) is 8.42 Å². The fourth-order valence-corrected chi connectivity index (χ4v) is 2.49. The SMILES string of the molecule is C=CS(=O)(=O)N1C[C@@H](C)OC[C@H]1C. The maximum absolute atomic E-state index is 11.5. The third kappa shape index (κ3) is 2.30. The highest BCUT2D eigenvalue weighted by molar-refractivity contribution is 7.92. The second-order valence-electron chi connectivity index (χ2n) is 3.27. The van der Waals surface area contributed by atoms with Gasteiger partial charge in [0.2, 0.25) is 10.0 Å². The fraction of sp³-hybridized carbons (Fsp3) is 0.750. The van der Waals surface area contributed by atoms with Crippen LogP contribution >= 0.6 is 0 Å². The summed E-state index contributed by atoms with van der Waals surface area (Å²) in [4.78, 5) is 0. The predicted octanol–water partition coefficient (Wildman–Crippen LogP) is 0.569. The lowest BCUT2D eigenvalue weighted by Gasteiger charge is -2.34. The monoisotopic (exact) mass is 205 g/mol. The van der Waals surface area contributed by atoms with Gasteiger partial charge in [-0.3, -0.25) is 0 Å². The fourth-order valence-electron chi connectivity index (χ4n) is 1.32. The number of nitrogens with zero attached hydrogens (tertiary/aromatic N) is 1. The average Bonchev–Trinajstić information content (AvgIpc) is 2.09. The van der Waals surface area contributed by atoms with E-state index in [1.54, 1.807) is 0 Å². The van der Waals surface area contributed by atoms with Gasteiger partial charge in [-0.15, -0.1) is 0 Å². The van der Waals surface area contributed by atoms with Crippen molar-refractivity contribution < 1.29 is 13.2 Å². The Morgan fingerprint density at radius 3 is 2.69 bits per heavy atom. The van der Waals surface area contributed by atoms with Crippen molar-refractivity contribution in [2.45, 2.75) is 26.0 Å². The highest BCUT2D eigenvalue weighted by atomic mass is 32.2. The molecule has 0 radical (unpaired) electrons. The van der Waals surface area contributed by atoms with Gasteiger partial charge >= 0.3 is 0 Å². The smallest absolute Gasteiger partial charge is 0.236 e. The first-order valence-electron chi connectivity index (χ1n) is 4.23. The molecule has 0 unspecified atom stereocenters. The quantitative estimate of drug-likeness (QED) is 0.662. The van der Waals surface area contributed by atoms with Crippen molar-refractivity contribution in [1.82, 2.24) is 4.31 Å². The summed E-state index contributed by atoms with van der Waals surface area (Å²) in [5.74, 6) is 0. The van der Waals surface area contributed by atoms with E-state index in [-0.39, 0.29) is 12.1 Å². The van der Waals surface area contributed by atoms with Gasteiger partial charge in [-0.2, -0.15) is 4.31 Å². The maximum Gasteiger partial charge on any atom is 0.236 e. The lowest BCUT2D eigenvalue weighted by molar-refractivity contribution is -0.0166. The molecule has 1 heterocycles. The van der Waals surface area contributed by atoms with Crippen molar-refractivity contribution in [2.75, 3.05) is 13.2 Å². The van der Waals surface area contributed by atoms with Crippen molar-refractivity contribution in [3.05, 3.63) is 12.0 Å². The van der Waals surface area contributed by atoms with E-state index in [4.69, 9.17) is 4.74 Å². The number of rotatable bonds is 2. The van der Waals surface area contributed by atoms with Gasteiger partial charge in [0.15, 0.2) is 0 Å². The van der Waals surface area contributed by atoms with Crippen LogP contribution in [0.3, 0.4) is 0 Å². The van der Waals surface area contributed by atoms with Gasteiger partial charge in [0.05, 0.1) is 12.7 Å². The standard InChI is InChI=1S/C8H15NO3S/c1-4-13(10,11)9-5-8(3)12-6-7(9)2/h4,7-8H,1,5-6H2,2-3H3/t7-,8-/m1/s1. The maximum atomic E-state index is 11.5. The van der Waals surface area contributed by atoms with E-state index in [0.29, 0.717) is 13.2 Å². The van der Waals surface area contributed by atoms with Gasteiger partial charge < -0.3 is 4.74 Å². The van der Waals surface area contributed by atoms with E-state index in [2.05, 4.69) is 6.58 Å². The molecule has 0 aliphatic carbocycles. The summed E-state index contributed by atoms with van der Waals surface area (Å²) in [6.07, 6.45) is -0.0362. The number of ether oxygens (including phenoxy) is 1. The van der Waals surface area contributed by atoms with Gasteiger partial charge in [0.25, 0.3) is 0 Å². The van der Waals surface area contributed by atoms with Gasteiger partial charge in [-0.05, 0) is 13.8 Å². The molecule has 0 aromatic carbocycles. The lowest BCUT2D eigenvalue weighted by Crippen LogP contribution is -2.49.